The van der Waals surface area contributed by atoms with E-state index in [4.69, 9.17) is 14.9 Å². The van der Waals surface area contributed by atoms with Gasteiger partial charge in [0.1, 0.15) is 0 Å². The van der Waals surface area contributed by atoms with Gasteiger partial charge in [0, 0.05) is 6.04 Å². The number of hydrogen-bond acceptors (Lipinski definition) is 5. The van der Waals surface area contributed by atoms with Crippen molar-refractivity contribution in [2.45, 2.75) is 26.3 Å². The Morgan fingerprint density at radius 1 is 1.50 bits per heavy atom. The van der Waals surface area contributed by atoms with Gasteiger partial charge in [-0.25, -0.2) is 4.79 Å². The van der Waals surface area contributed by atoms with E-state index in [-0.39, 0.29) is 12.0 Å². The highest BCUT2D eigenvalue weighted by molar-refractivity contribution is 5.76. The van der Waals surface area contributed by atoms with Crippen molar-refractivity contribution in [1.82, 2.24) is 4.98 Å². The van der Waals surface area contributed by atoms with Crippen LogP contribution in [-0.4, -0.2) is 18.1 Å². The number of rotatable bonds is 4. The molecule has 0 fully saturated rings. The van der Waals surface area contributed by atoms with Gasteiger partial charge in [-0.3, -0.25) is 9.78 Å². The number of aromatic nitrogens is 1. The van der Waals surface area contributed by atoms with Crippen LogP contribution in [0.15, 0.2) is 27.4 Å². The fraction of sp³-hybridized carbons (Fsp3) is 0.429. The normalized spacial score (nSPS) is 13.4. The first-order valence-corrected chi connectivity index (χ1v) is 6.30. The van der Waals surface area contributed by atoms with E-state index in [1.54, 1.807) is 26.0 Å². The van der Waals surface area contributed by atoms with Crippen LogP contribution in [0, 0.1) is 5.41 Å². The van der Waals surface area contributed by atoms with Gasteiger partial charge in [-0.05, 0) is 38.0 Å². The molecular formula is C14H18N2O4. The molecule has 0 amide bonds. The maximum atomic E-state index is 11.7. The lowest BCUT2D eigenvalue weighted by atomic mass is 9.84. The van der Waals surface area contributed by atoms with Gasteiger partial charge < -0.3 is 14.9 Å². The number of hydrogen-bond donors (Lipinski definition) is 2. The number of carbonyl (C=O) groups excluding carboxylic acids is 1. The van der Waals surface area contributed by atoms with E-state index < -0.39 is 11.2 Å². The SMILES string of the molecule is COC(=O)C(C)(C)CC(N)c1ccc2[nH]c(=O)oc2c1. The first-order chi connectivity index (χ1) is 9.33. The van der Waals surface area contributed by atoms with Crippen molar-refractivity contribution in [1.29, 1.82) is 0 Å². The minimum Gasteiger partial charge on any atom is -0.469 e. The van der Waals surface area contributed by atoms with Crippen molar-refractivity contribution in [2.24, 2.45) is 11.1 Å². The highest BCUT2D eigenvalue weighted by atomic mass is 16.5. The Morgan fingerprint density at radius 3 is 2.85 bits per heavy atom. The molecule has 0 bridgehead atoms. The minimum absolute atomic E-state index is 0.304. The predicted molar refractivity (Wildman–Crippen MR) is 74.2 cm³/mol. The lowest BCUT2D eigenvalue weighted by molar-refractivity contribution is -0.151. The van der Waals surface area contributed by atoms with Crippen LogP contribution < -0.4 is 11.5 Å². The summed E-state index contributed by atoms with van der Waals surface area (Å²) in [5.74, 6) is -0.803. The molecule has 20 heavy (non-hydrogen) atoms. The number of benzene rings is 1. The average Bonchev–Trinajstić information content (AvgIpc) is 2.75. The van der Waals surface area contributed by atoms with Gasteiger partial charge in [0.25, 0.3) is 0 Å². The molecule has 6 heteroatoms. The third-order valence-corrected chi connectivity index (χ3v) is 3.34. The Kier molecular flexibility index (Phi) is 3.67. The van der Waals surface area contributed by atoms with Crippen molar-refractivity contribution in [2.75, 3.05) is 7.11 Å². The molecule has 1 aromatic heterocycles. The number of esters is 1. The van der Waals surface area contributed by atoms with E-state index in [2.05, 4.69) is 4.98 Å². The fourth-order valence-electron chi connectivity index (χ4n) is 2.22. The third-order valence-electron chi connectivity index (χ3n) is 3.34. The summed E-state index contributed by atoms with van der Waals surface area (Å²) in [7, 11) is 1.36. The molecule has 0 aliphatic heterocycles. The van der Waals surface area contributed by atoms with E-state index in [1.807, 2.05) is 6.07 Å². The van der Waals surface area contributed by atoms with Gasteiger partial charge in [-0.1, -0.05) is 6.07 Å². The van der Waals surface area contributed by atoms with Gasteiger partial charge in [0.2, 0.25) is 0 Å². The van der Waals surface area contributed by atoms with E-state index in [9.17, 15) is 9.59 Å². The van der Waals surface area contributed by atoms with Crippen LogP contribution >= 0.6 is 0 Å². The van der Waals surface area contributed by atoms with Crippen LogP contribution in [0.4, 0.5) is 0 Å². The molecule has 0 spiro atoms. The second-order valence-corrected chi connectivity index (χ2v) is 5.46. The molecule has 0 saturated heterocycles. The van der Waals surface area contributed by atoms with Crippen LogP contribution in [0.1, 0.15) is 31.9 Å². The van der Waals surface area contributed by atoms with Crippen LogP contribution in [0.5, 0.6) is 0 Å². The van der Waals surface area contributed by atoms with E-state index in [1.165, 1.54) is 7.11 Å². The van der Waals surface area contributed by atoms with Crippen molar-refractivity contribution >= 4 is 17.1 Å². The summed E-state index contributed by atoms with van der Waals surface area (Å²) in [4.78, 5) is 25.3. The zero-order valence-corrected chi connectivity index (χ0v) is 11.7. The first-order valence-electron chi connectivity index (χ1n) is 6.30. The second-order valence-electron chi connectivity index (χ2n) is 5.46. The van der Waals surface area contributed by atoms with E-state index >= 15 is 0 Å². The molecule has 1 unspecified atom stereocenters. The number of fused-ring (bicyclic) bond motifs is 1. The lowest BCUT2D eigenvalue weighted by Crippen LogP contribution is -2.30. The minimum atomic E-state index is -0.678. The van der Waals surface area contributed by atoms with Gasteiger partial charge in [0.05, 0.1) is 18.0 Å². The molecule has 2 rings (SSSR count). The van der Waals surface area contributed by atoms with Crippen LogP contribution in [0.3, 0.4) is 0 Å². The van der Waals surface area contributed by atoms with Crippen LogP contribution in [0.2, 0.25) is 0 Å². The molecule has 1 heterocycles. The monoisotopic (exact) mass is 278 g/mol. The average molecular weight is 278 g/mol. The quantitative estimate of drug-likeness (QED) is 0.829. The molecular weight excluding hydrogens is 260 g/mol. The van der Waals surface area contributed by atoms with Crippen molar-refractivity contribution in [3.8, 4) is 0 Å². The second kappa shape index (κ2) is 5.13. The Morgan fingerprint density at radius 2 is 2.20 bits per heavy atom. The number of H-pyrrole nitrogens is 1. The molecule has 6 nitrogen and oxygen atoms in total. The van der Waals surface area contributed by atoms with Gasteiger partial charge in [0.15, 0.2) is 5.58 Å². The van der Waals surface area contributed by atoms with Gasteiger partial charge in [-0.2, -0.15) is 0 Å². The Bertz CT molecular complexity index is 684. The summed E-state index contributed by atoms with van der Waals surface area (Å²) in [6.45, 7) is 3.57. The highest BCUT2D eigenvalue weighted by Crippen LogP contribution is 2.30. The molecule has 0 radical (unpaired) electrons. The van der Waals surface area contributed by atoms with E-state index in [0.29, 0.717) is 17.5 Å². The molecule has 3 N–H and O–H groups in total. The number of methoxy groups -OCH3 is 1. The molecule has 1 aromatic carbocycles. The molecule has 2 aromatic rings. The van der Waals surface area contributed by atoms with Crippen LogP contribution in [0.25, 0.3) is 11.1 Å². The Balaban J connectivity index is 2.24. The van der Waals surface area contributed by atoms with Gasteiger partial charge >= 0.3 is 11.7 Å². The maximum absolute atomic E-state index is 11.7. The molecule has 0 saturated carbocycles. The number of nitrogens with one attached hydrogen (secondary N) is 1. The summed E-state index contributed by atoms with van der Waals surface area (Å²) in [5.41, 5.74) is 7.34. The largest absolute Gasteiger partial charge is 0.469 e. The van der Waals surface area contributed by atoms with Crippen molar-refractivity contribution < 1.29 is 13.9 Å². The highest BCUT2D eigenvalue weighted by Gasteiger charge is 2.31. The summed E-state index contributed by atoms with van der Waals surface area (Å²) >= 11 is 0. The molecule has 0 aliphatic rings. The summed E-state index contributed by atoms with van der Waals surface area (Å²) in [5, 5.41) is 0. The third kappa shape index (κ3) is 2.75. The summed E-state index contributed by atoms with van der Waals surface area (Å²) in [6.07, 6.45) is 0.430. The standard InChI is InChI=1S/C14H18N2O4/c1-14(2,12(17)19-3)7-9(15)8-4-5-10-11(6-8)20-13(18)16-10/h4-6,9H,7,15H2,1-3H3,(H,16,18). The lowest BCUT2D eigenvalue weighted by Gasteiger charge is -2.25. The molecule has 0 aliphatic carbocycles. The maximum Gasteiger partial charge on any atom is 0.417 e. The van der Waals surface area contributed by atoms with Crippen LogP contribution in [-0.2, 0) is 9.53 Å². The molecule has 108 valence electrons. The number of oxazole rings is 1. The number of aromatic amines is 1. The fourth-order valence-corrected chi connectivity index (χ4v) is 2.22. The van der Waals surface area contributed by atoms with E-state index in [0.717, 1.165) is 5.56 Å². The smallest absolute Gasteiger partial charge is 0.417 e. The molecule has 1 atom stereocenters. The number of nitrogens with two attached hydrogens (primary N) is 1. The number of carbonyl (C=O) groups is 1. The zero-order valence-electron chi connectivity index (χ0n) is 11.7. The van der Waals surface area contributed by atoms with Crippen molar-refractivity contribution in [3.05, 3.63) is 34.3 Å². The summed E-state index contributed by atoms with van der Waals surface area (Å²) in [6, 6.07) is 4.91. The zero-order chi connectivity index (χ0) is 14.9. The Labute approximate surface area is 115 Å². The van der Waals surface area contributed by atoms with Crippen molar-refractivity contribution in [3.63, 3.8) is 0 Å². The topological polar surface area (TPSA) is 98.3 Å². The first kappa shape index (κ1) is 14.3. The predicted octanol–water partition coefficient (Wildman–Crippen LogP) is 1.71. The summed E-state index contributed by atoms with van der Waals surface area (Å²) < 4.78 is 9.77. The van der Waals surface area contributed by atoms with Gasteiger partial charge in [-0.15, -0.1) is 0 Å². The number of ether oxygens (including phenoxy) is 1. The Hall–Kier alpha value is -2.08.